The number of thiazole rings is 1. The third kappa shape index (κ3) is 6.53. The standard InChI is InChI=1S/C26H23Cl3FN3O4S2/c1-15(17-8-18(27)10-19(28)9-17)32-23-13-22(30)25(12-21(23)29)39(34,35)33(26-31-6-7-38-26)14-16-4-5-20(36-2)11-24(16)37-3/h4-13,15,32H,14H2,1-3H3. The van der Waals surface area contributed by atoms with E-state index in [4.69, 9.17) is 44.3 Å². The Morgan fingerprint density at radius 3 is 2.38 bits per heavy atom. The number of hydrogen-bond donors (Lipinski definition) is 1. The van der Waals surface area contributed by atoms with Crippen molar-refractivity contribution in [1.82, 2.24) is 4.98 Å². The molecule has 0 radical (unpaired) electrons. The molecule has 39 heavy (non-hydrogen) atoms. The number of sulfonamides is 1. The van der Waals surface area contributed by atoms with Crippen LogP contribution in [0.25, 0.3) is 0 Å². The van der Waals surface area contributed by atoms with E-state index in [-0.39, 0.29) is 28.4 Å². The number of methoxy groups -OCH3 is 2. The predicted octanol–water partition coefficient (Wildman–Crippen LogP) is 7.83. The molecule has 0 aliphatic rings. The first kappa shape index (κ1) is 29.2. The first-order chi connectivity index (χ1) is 18.5. The van der Waals surface area contributed by atoms with Gasteiger partial charge in [0, 0.05) is 39.3 Å². The van der Waals surface area contributed by atoms with Gasteiger partial charge in [0.2, 0.25) is 0 Å². The topological polar surface area (TPSA) is 80.8 Å². The van der Waals surface area contributed by atoms with Crippen molar-refractivity contribution in [3.63, 3.8) is 0 Å². The van der Waals surface area contributed by atoms with E-state index in [1.165, 1.54) is 20.4 Å². The number of halogens is 4. The summed E-state index contributed by atoms with van der Waals surface area (Å²) in [5.74, 6) is -0.0461. The average molecular weight is 631 g/mol. The SMILES string of the molecule is COc1ccc(CN(c2nccs2)S(=O)(=O)c2cc(Cl)c(NC(C)c3cc(Cl)cc(Cl)c3)cc2F)c(OC)c1. The van der Waals surface area contributed by atoms with Crippen molar-refractivity contribution in [3.05, 3.63) is 92.1 Å². The van der Waals surface area contributed by atoms with Crippen LogP contribution in [-0.4, -0.2) is 27.6 Å². The van der Waals surface area contributed by atoms with Gasteiger partial charge >= 0.3 is 0 Å². The lowest BCUT2D eigenvalue weighted by molar-refractivity contribution is 0.391. The zero-order valence-electron chi connectivity index (χ0n) is 20.9. The Bertz CT molecular complexity index is 1570. The molecule has 4 rings (SSSR count). The van der Waals surface area contributed by atoms with Gasteiger partial charge in [-0.2, -0.15) is 0 Å². The van der Waals surface area contributed by atoms with Crippen molar-refractivity contribution in [3.8, 4) is 11.5 Å². The molecule has 1 heterocycles. The number of anilines is 2. The molecule has 7 nitrogen and oxygen atoms in total. The highest BCUT2D eigenvalue weighted by Crippen LogP contribution is 2.36. The second-order valence-corrected chi connectivity index (χ2v) is 12.3. The molecule has 3 aromatic carbocycles. The van der Waals surface area contributed by atoms with Gasteiger partial charge in [0.15, 0.2) is 5.13 Å². The van der Waals surface area contributed by atoms with E-state index in [1.807, 2.05) is 6.92 Å². The van der Waals surface area contributed by atoms with E-state index in [9.17, 15) is 8.42 Å². The number of nitrogens with one attached hydrogen (secondary N) is 1. The molecule has 0 aliphatic carbocycles. The summed E-state index contributed by atoms with van der Waals surface area (Å²) in [6.45, 7) is 1.64. The zero-order chi connectivity index (χ0) is 28.3. The molecule has 0 fully saturated rings. The maximum absolute atomic E-state index is 15.5. The molecule has 0 saturated heterocycles. The molecule has 0 bridgehead atoms. The average Bonchev–Trinajstić information content (AvgIpc) is 3.42. The molecule has 1 atom stereocenters. The van der Waals surface area contributed by atoms with Gasteiger partial charge in [-0.05, 0) is 55.0 Å². The van der Waals surface area contributed by atoms with Crippen molar-refractivity contribution in [2.45, 2.75) is 24.4 Å². The van der Waals surface area contributed by atoms with E-state index >= 15 is 4.39 Å². The third-order valence-electron chi connectivity index (χ3n) is 5.79. The van der Waals surface area contributed by atoms with E-state index < -0.39 is 20.7 Å². The molecular formula is C26H23Cl3FN3O4S2. The molecule has 1 aromatic heterocycles. The fraction of sp³-hybridized carbons (Fsp3) is 0.192. The summed E-state index contributed by atoms with van der Waals surface area (Å²) in [4.78, 5) is 3.56. The number of hydrogen-bond acceptors (Lipinski definition) is 7. The molecule has 1 N–H and O–H groups in total. The van der Waals surface area contributed by atoms with Crippen LogP contribution in [0.2, 0.25) is 15.1 Å². The maximum atomic E-state index is 15.5. The van der Waals surface area contributed by atoms with Crippen molar-refractivity contribution in [2.75, 3.05) is 23.8 Å². The van der Waals surface area contributed by atoms with Gasteiger partial charge in [-0.1, -0.05) is 34.8 Å². The molecule has 206 valence electrons. The molecule has 0 saturated carbocycles. The lowest BCUT2D eigenvalue weighted by Gasteiger charge is -2.24. The van der Waals surface area contributed by atoms with Crippen LogP contribution < -0.4 is 19.1 Å². The van der Waals surface area contributed by atoms with Crippen LogP contribution in [0, 0.1) is 5.82 Å². The minimum atomic E-state index is -4.45. The third-order valence-corrected chi connectivity index (χ3v) is 9.20. The molecule has 1 unspecified atom stereocenters. The van der Waals surface area contributed by atoms with Crippen LogP contribution in [0.1, 0.15) is 24.1 Å². The van der Waals surface area contributed by atoms with Crippen LogP contribution >= 0.6 is 46.1 Å². The Morgan fingerprint density at radius 2 is 1.77 bits per heavy atom. The van der Waals surface area contributed by atoms with Gasteiger partial charge in [-0.25, -0.2) is 22.1 Å². The fourth-order valence-electron chi connectivity index (χ4n) is 3.83. The summed E-state index contributed by atoms with van der Waals surface area (Å²) in [5, 5.41) is 5.76. The summed E-state index contributed by atoms with van der Waals surface area (Å²) in [6, 6.07) is 11.8. The lowest BCUT2D eigenvalue weighted by atomic mass is 10.1. The zero-order valence-corrected chi connectivity index (χ0v) is 24.8. The molecular weight excluding hydrogens is 608 g/mol. The van der Waals surface area contributed by atoms with Crippen LogP contribution in [0.15, 0.2) is 65.0 Å². The normalized spacial score (nSPS) is 12.2. The molecule has 4 aromatic rings. The van der Waals surface area contributed by atoms with E-state index in [2.05, 4.69) is 10.3 Å². The number of ether oxygens (including phenoxy) is 2. The molecule has 0 spiro atoms. The molecule has 0 amide bonds. The number of rotatable bonds is 10. The number of aromatic nitrogens is 1. The van der Waals surface area contributed by atoms with Gasteiger partial charge < -0.3 is 14.8 Å². The highest BCUT2D eigenvalue weighted by Gasteiger charge is 2.32. The second kappa shape index (κ2) is 12.2. The first-order valence-corrected chi connectivity index (χ1v) is 14.8. The van der Waals surface area contributed by atoms with Crippen molar-refractivity contribution in [1.29, 1.82) is 0 Å². The van der Waals surface area contributed by atoms with Crippen molar-refractivity contribution in [2.24, 2.45) is 0 Å². The summed E-state index contributed by atoms with van der Waals surface area (Å²) in [5.41, 5.74) is 1.47. The summed E-state index contributed by atoms with van der Waals surface area (Å²) >= 11 is 19.8. The summed E-state index contributed by atoms with van der Waals surface area (Å²) in [7, 11) is -1.48. The Labute approximate surface area is 245 Å². The van der Waals surface area contributed by atoms with Crippen LogP contribution in [0.4, 0.5) is 15.2 Å². The monoisotopic (exact) mass is 629 g/mol. The Kier molecular flexibility index (Phi) is 9.13. The maximum Gasteiger partial charge on any atom is 0.269 e. The van der Waals surface area contributed by atoms with Crippen molar-refractivity contribution >= 4 is 67.0 Å². The lowest BCUT2D eigenvalue weighted by Crippen LogP contribution is -2.31. The Hall–Kier alpha value is -2.76. The van der Waals surface area contributed by atoms with Crippen LogP contribution in [-0.2, 0) is 16.6 Å². The van der Waals surface area contributed by atoms with E-state index in [1.54, 1.807) is 41.8 Å². The second-order valence-electron chi connectivity index (χ2n) is 8.34. The molecule has 0 aliphatic heterocycles. The quantitative estimate of drug-likeness (QED) is 0.192. The minimum absolute atomic E-state index is 0.0102. The van der Waals surface area contributed by atoms with Crippen molar-refractivity contribution < 1.29 is 22.3 Å². The predicted molar refractivity (Wildman–Crippen MR) is 155 cm³/mol. The summed E-state index contributed by atoms with van der Waals surface area (Å²) < 4.78 is 54.8. The summed E-state index contributed by atoms with van der Waals surface area (Å²) in [6.07, 6.45) is 1.47. The van der Waals surface area contributed by atoms with E-state index in [0.29, 0.717) is 27.1 Å². The fourth-order valence-corrected chi connectivity index (χ4v) is 7.00. The Balaban J connectivity index is 1.70. The van der Waals surface area contributed by atoms with Gasteiger partial charge in [-0.15, -0.1) is 11.3 Å². The van der Waals surface area contributed by atoms with Crippen LogP contribution in [0.3, 0.4) is 0 Å². The highest BCUT2D eigenvalue weighted by atomic mass is 35.5. The Morgan fingerprint density at radius 1 is 1.05 bits per heavy atom. The smallest absolute Gasteiger partial charge is 0.269 e. The molecule has 13 heteroatoms. The number of benzene rings is 3. The minimum Gasteiger partial charge on any atom is -0.497 e. The van der Waals surface area contributed by atoms with Crippen LogP contribution in [0.5, 0.6) is 11.5 Å². The van der Waals surface area contributed by atoms with Gasteiger partial charge in [0.25, 0.3) is 10.0 Å². The van der Waals surface area contributed by atoms with Gasteiger partial charge in [0.05, 0.1) is 31.5 Å². The van der Waals surface area contributed by atoms with Gasteiger partial charge in [0.1, 0.15) is 22.2 Å². The van der Waals surface area contributed by atoms with E-state index in [0.717, 1.165) is 33.3 Å². The number of nitrogens with zero attached hydrogens (tertiary/aromatic N) is 2. The first-order valence-electron chi connectivity index (χ1n) is 11.4. The largest absolute Gasteiger partial charge is 0.497 e. The van der Waals surface area contributed by atoms with Gasteiger partial charge in [-0.3, -0.25) is 0 Å². The highest BCUT2D eigenvalue weighted by molar-refractivity contribution is 7.93.